The maximum absolute atomic E-state index is 9.67. The molecule has 0 unspecified atom stereocenters. The predicted octanol–water partition coefficient (Wildman–Crippen LogP) is 3.79. The van der Waals surface area contributed by atoms with Gasteiger partial charge in [0, 0.05) is 17.8 Å². The topological polar surface area (TPSA) is 41.5 Å². The lowest BCUT2D eigenvalue weighted by molar-refractivity contribution is 0.242. The van der Waals surface area contributed by atoms with Crippen molar-refractivity contribution in [2.45, 2.75) is 26.5 Å². The van der Waals surface area contributed by atoms with Gasteiger partial charge in [-0.15, -0.1) is 0 Å². The summed E-state index contributed by atoms with van der Waals surface area (Å²) in [6, 6.07) is 15.1. The highest BCUT2D eigenvalue weighted by Gasteiger charge is 2.00. The van der Waals surface area contributed by atoms with Gasteiger partial charge in [0.2, 0.25) is 0 Å². The van der Waals surface area contributed by atoms with Crippen molar-refractivity contribution < 1.29 is 9.84 Å². The first-order chi connectivity index (χ1) is 9.15. The van der Waals surface area contributed by atoms with Crippen LogP contribution >= 0.6 is 0 Å². The van der Waals surface area contributed by atoms with Crippen molar-refractivity contribution in [1.82, 2.24) is 0 Å². The molecular formula is C16H19NO2. The van der Waals surface area contributed by atoms with E-state index in [9.17, 15) is 5.11 Å². The monoisotopic (exact) mass is 257 g/mol. The molecule has 0 saturated carbocycles. The summed E-state index contributed by atoms with van der Waals surface area (Å²) >= 11 is 0. The predicted molar refractivity (Wildman–Crippen MR) is 77.6 cm³/mol. The van der Waals surface area contributed by atoms with Crippen LogP contribution in [0.15, 0.2) is 48.5 Å². The van der Waals surface area contributed by atoms with Crippen LogP contribution in [-0.2, 0) is 6.54 Å². The van der Waals surface area contributed by atoms with Crippen molar-refractivity contribution >= 4 is 5.69 Å². The highest BCUT2D eigenvalue weighted by molar-refractivity contribution is 5.47. The average molecular weight is 257 g/mol. The van der Waals surface area contributed by atoms with Crippen LogP contribution in [-0.4, -0.2) is 11.2 Å². The van der Waals surface area contributed by atoms with E-state index in [2.05, 4.69) is 5.32 Å². The van der Waals surface area contributed by atoms with Gasteiger partial charge in [-0.3, -0.25) is 0 Å². The first-order valence-electron chi connectivity index (χ1n) is 6.42. The van der Waals surface area contributed by atoms with Crippen molar-refractivity contribution in [2.24, 2.45) is 0 Å². The number of rotatable bonds is 5. The molecule has 2 rings (SSSR count). The summed E-state index contributed by atoms with van der Waals surface area (Å²) in [5.41, 5.74) is 1.88. The van der Waals surface area contributed by atoms with E-state index in [1.54, 1.807) is 6.07 Å². The zero-order valence-electron chi connectivity index (χ0n) is 11.3. The number of phenols is 1. The molecule has 0 aliphatic rings. The fourth-order valence-corrected chi connectivity index (χ4v) is 1.78. The lowest BCUT2D eigenvalue weighted by Gasteiger charge is -2.11. The molecule has 0 heterocycles. The molecule has 0 spiro atoms. The van der Waals surface area contributed by atoms with Crippen molar-refractivity contribution in [3.8, 4) is 11.5 Å². The molecule has 0 saturated heterocycles. The minimum Gasteiger partial charge on any atom is -0.508 e. The second-order valence-electron chi connectivity index (χ2n) is 4.67. The molecule has 19 heavy (non-hydrogen) atoms. The summed E-state index contributed by atoms with van der Waals surface area (Å²) in [5.74, 6) is 1.18. The molecule has 0 amide bonds. The van der Waals surface area contributed by atoms with Crippen LogP contribution in [0.3, 0.4) is 0 Å². The molecule has 3 heteroatoms. The van der Waals surface area contributed by atoms with Crippen LogP contribution in [0, 0.1) is 0 Å². The van der Waals surface area contributed by atoms with Crippen LogP contribution in [0.5, 0.6) is 11.5 Å². The number of para-hydroxylation sites is 1. The molecule has 0 bridgehead atoms. The molecule has 0 aromatic heterocycles. The largest absolute Gasteiger partial charge is 0.508 e. The minimum atomic E-state index is 0.181. The number of hydrogen-bond acceptors (Lipinski definition) is 3. The molecule has 0 fully saturated rings. The Labute approximate surface area is 113 Å². The Morgan fingerprint density at radius 1 is 1.05 bits per heavy atom. The minimum absolute atomic E-state index is 0.181. The van der Waals surface area contributed by atoms with Crippen molar-refractivity contribution in [3.63, 3.8) is 0 Å². The van der Waals surface area contributed by atoms with Gasteiger partial charge in [0.25, 0.3) is 0 Å². The third kappa shape index (κ3) is 3.91. The van der Waals surface area contributed by atoms with E-state index >= 15 is 0 Å². The Hall–Kier alpha value is -2.16. The van der Waals surface area contributed by atoms with E-state index in [0.717, 1.165) is 17.0 Å². The lowest BCUT2D eigenvalue weighted by atomic mass is 10.2. The summed E-state index contributed by atoms with van der Waals surface area (Å²) in [6.45, 7) is 4.60. The molecule has 2 N–H and O–H groups in total. The highest BCUT2D eigenvalue weighted by atomic mass is 16.5. The third-order valence-electron chi connectivity index (χ3n) is 2.70. The summed E-state index contributed by atoms with van der Waals surface area (Å²) in [4.78, 5) is 0. The lowest BCUT2D eigenvalue weighted by Crippen LogP contribution is -2.05. The number of benzene rings is 2. The maximum atomic E-state index is 9.67. The van der Waals surface area contributed by atoms with Gasteiger partial charge in [-0.1, -0.05) is 18.2 Å². The molecule has 100 valence electrons. The average Bonchev–Trinajstić information content (AvgIpc) is 2.39. The van der Waals surface area contributed by atoms with Gasteiger partial charge in [-0.25, -0.2) is 0 Å². The second kappa shape index (κ2) is 6.14. The van der Waals surface area contributed by atoms with Crippen molar-refractivity contribution in [1.29, 1.82) is 0 Å². The summed E-state index contributed by atoms with van der Waals surface area (Å²) in [6.07, 6.45) is 0.181. The van der Waals surface area contributed by atoms with Gasteiger partial charge in [-0.05, 0) is 44.2 Å². The Balaban J connectivity index is 1.95. The van der Waals surface area contributed by atoms with Crippen LogP contribution in [0.1, 0.15) is 19.4 Å². The van der Waals surface area contributed by atoms with Gasteiger partial charge in [0.15, 0.2) is 0 Å². The fourth-order valence-electron chi connectivity index (χ4n) is 1.78. The van der Waals surface area contributed by atoms with Gasteiger partial charge in [-0.2, -0.15) is 0 Å². The van der Waals surface area contributed by atoms with Crippen molar-refractivity contribution in [2.75, 3.05) is 5.32 Å². The molecule has 0 atom stereocenters. The SMILES string of the molecule is CC(C)Oc1ccc(NCc2ccccc2O)cc1. The summed E-state index contributed by atoms with van der Waals surface area (Å²) in [5, 5.41) is 12.9. The van der Waals surface area contributed by atoms with Crippen LogP contribution in [0.2, 0.25) is 0 Å². The third-order valence-corrected chi connectivity index (χ3v) is 2.70. The second-order valence-corrected chi connectivity index (χ2v) is 4.67. The Bertz CT molecular complexity index is 521. The Morgan fingerprint density at radius 2 is 1.74 bits per heavy atom. The smallest absolute Gasteiger partial charge is 0.120 e. The van der Waals surface area contributed by atoms with E-state index in [1.807, 2.05) is 56.3 Å². The molecular weight excluding hydrogens is 238 g/mol. The maximum Gasteiger partial charge on any atom is 0.120 e. The number of aromatic hydroxyl groups is 1. The zero-order valence-corrected chi connectivity index (χ0v) is 11.3. The standard InChI is InChI=1S/C16H19NO2/c1-12(2)19-15-9-7-14(8-10-15)17-11-13-5-3-4-6-16(13)18/h3-10,12,17-18H,11H2,1-2H3. The number of ether oxygens (including phenoxy) is 1. The van der Waals surface area contributed by atoms with Crippen LogP contribution in [0.25, 0.3) is 0 Å². The summed E-state index contributed by atoms with van der Waals surface area (Å²) in [7, 11) is 0. The molecule has 0 radical (unpaired) electrons. The van der Waals surface area contributed by atoms with Gasteiger partial charge in [0.1, 0.15) is 11.5 Å². The van der Waals surface area contributed by atoms with Crippen LogP contribution < -0.4 is 10.1 Å². The molecule has 0 aliphatic carbocycles. The van der Waals surface area contributed by atoms with Gasteiger partial charge in [0.05, 0.1) is 6.10 Å². The summed E-state index contributed by atoms with van der Waals surface area (Å²) < 4.78 is 5.58. The van der Waals surface area contributed by atoms with Crippen LogP contribution in [0.4, 0.5) is 5.69 Å². The quantitative estimate of drug-likeness (QED) is 0.856. The first-order valence-corrected chi connectivity index (χ1v) is 6.42. The van der Waals surface area contributed by atoms with Gasteiger partial charge >= 0.3 is 0 Å². The first kappa shape index (κ1) is 13.3. The molecule has 2 aromatic carbocycles. The Kier molecular flexibility index (Phi) is 4.29. The fraction of sp³-hybridized carbons (Fsp3) is 0.250. The van der Waals surface area contributed by atoms with E-state index in [4.69, 9.17) is 4.74 Å². The highest BCUT2D eigenvalue weighted by Crippen LogP contribution is 2.20. The number of anilines is 1. The molecule has 0 aliphatic heterocycles. The zero-order chi connectivity index (χ0) is 13.7. The number of hydrogen-bond donors (Lipinski definition) is 2. The number of nitrogens with one attached hydrogen (secondary N) is 1. The normalized spacial score (nSPS) is 10.5. The van der Waals surface area contributed by atoms with E-state index in [1.165, 1.54) is 0 Å². The van der Waals surface area contributed by atoms with E-state index in [0.29, 0.717) is 12.3 Å². The van der Waals surface area contributed by atoms with E-state index < -0.39 is 0 Å². The number of phenolic OH excluding ortho intramolecular Hbond substituents is 1. The molecule has 2 aromatic rings. The van der Waals surface area contributed by atoms with Crippen molar-refractivity contribution in [3.05, 3.63) is 54.1 Å². The molecule has 3 nitrogen and oxygen atoms in total. The van der Waals surface area contributed by atoms with E-state index in [-0.39, 0.29) is 6.10 Å². The van der Waals surface area contributed by atoms with Gasteiger partial charge < -0.3 is 15.2 Å². The Morgan fingerprint density at radius 3 is 2.37 bits per heavy atom.